The van der Waals surface area contributed by atoms with E-state index in [9.17, 15) is 14.4 Å². The molecule has 0 fully saturated rings. The molecule has 11 heteroatoms. The number of thiocarbonyl (C=S) groups is 1. The second-order valence-electron chi connectivity index (χ2n) is 7.53. The van der Waals surface area contributed by atoms with Gasteiger partial charge >= 0.3 is 5.97 Å². The molecule has 0 aliphatic carbocycles. The Bertz CT molecular complexity index is 1240. The van der Waals surface area contributed by atoms with Crippen LogP contribution >= 0.6 is 12.2 Å². The number of hydrazine groups is 1. The van der Waals surface area contributed by atoms with Crippen LogP contribution in [0, 0.1) is 0 Å². The molecule has 3 rings (SSSR count). The van der Waals surface area contributed by atoms with Crippen LogP contribution in [0.2, 0.25) is 0 Å². The quantitative estimate of drug-likeness (QED) is 0.147. The third-order valence-electron chi connectivity index (χ3n) is 4.74. The van der Waals surface area contributed by atoms with Crippen LogP contribution in [0.25, 0.3) is 0 Å². The van der Waals surface area contributed by atoms with Crippen molar-refractivity contribution in [2.75, 3.05) is 26.4 Å². The van der Waals surface area contributed by atoms with Crippen molar-refractivity contribution in [3.05, 3.63) is 90.0 Å². The Morgan fingerprint density at radius 3 is 2.11 bits per heavy atom. The largest absolute Gasteiger partial charge is 0.490 e. The van der Waals surface area contributed by atoms with E-state index in [2.05, 4.69) is 16.2 Å². The Labute approximate surface area is 225 Å². The second-order valence-corrected chi connectivity index (χ2v) is 7.94. The van der Waals surface area contributed by atoms with Gasteiger partial charge in [-0.25, -0.2) is 4.79 Å². The number of amides is 2. The van der Waals surface area contributed by atoms with Crippen LogP contribution in [0.3, 0.4) is 0 Å². The van der Waals surface area contributed by atoms with Crippen molar-refractivity contribution in [3.63, 3.8) is 0 Å². The van der Waals surface area contributed by atoms with Crippen LogP contribution in [-0.2, 0) is 9.53 Å². The normalized spacial score (nSPS) is 10.0. The highest BCUT2D eigenvalue weighted by Crippen LogP contribution is 2.14. The Kier molecular flexibility index (Phi) is 10.9. The summed E-state index contributed by atoms with van der Waals surface area (Å²) in [5.74, 6) is 0.162. The maximum atomic E-state index is 12.5. The molecule has 0 unspecified atom stereocenters. The first kappa shape index (κ1) is 27.9. The predicted molar refractivity (Wildman–Crippen MR) is 143 cm³/mol. The van der Waals surface area contributed by atoms with Crippen molar-refractivity contribution in [2.45, 2.75) is 6.92 Å². The lowest BCUT2D eigenvalue weighted by atomic mass is 10.2. The Morgan fingerprint density at radius 2 is 1.39 bits per heavy atom. The molecule has 0 aromatic heterocycles. The number of hydrogen-bond donors (Lipinski definition) is 3. The zero-order chi connectivity index (χ0) is 27.2. The number of para-hydroxylation sites is 1. The zero-order valence-corrected chi connectivity index (χ0v) is 21.4. The maximum Gasteiger partial charge on any atom is 0.338 e. The number of ether oxygens (including phenoxy) is 4. The summed E-state index contributed by atoms with van der Waals surface area (Å²) in [6, 6.07) is 22.1. The number of carbonyl (C=O) groups is 3. The SMILES string of the molecule is CCOC(=O)c1ccc(OCC(=O)NNC(=S)NC(=O)c2cccc(OCCOc3ccccc3)c2)cc1. The summed E-state index contributed by atoms with van der Waals surface area (Å²) >= 11 is 5.06. The second kappa shape index (κ2) is 14.8. The molecule has 0 atom stereocenters. The van der Waals surface area contributed by atoms with E-state index in [-0.39, 0.29) is 18.3 Å². The van der Waals surface area contributed by atoms with Gasteiger partial charge in [-0.15, -0.1) is 0 Å². The van der Waals surface area contributed by atoms with Crippen LogP contribution in [0.5, 0.6) is 17.2 Å². The smallest absolute Gasteiger partial charge is 0.338 e. The lowest BCUT2D eigenvalue weighted by molar-refractivity contribution is -0.123. The van der Waals surface area contributed by atoms with Gasteiger partial charge in [-0.3, -0.25) is 25.8 Å². The standard InChI is InChI=1S/C27H27N3O7S/c1-2-34-26(33)19-11-13-22(14-12-19)37-18-24(31)29-30-27(38)28-25(32)20-7-6-10-23(17-20)36-16-15-35-21-8-4-3-5-9-21/h3-14,17H,2,15-16,18H2,1H3,(H,29,31)(H2,28,30,32,38). The highest BCUT2D eigenvalue weighted by molar-refractivity contribution is 7.80. The number of carbonyl (C=O) groups excluding carboxylic acids is 3. The van der Waals surface area contributed by atoms with Gasteiger partial charge in [0.05, 0.1) is 12.2 Å². The lowest BCUT2D eigenvalue weighted by Crippen LogP contribution is -2.49. The van der Waals surface area contributed by atoms with Gasteiger partial charge in [0.15, 0.2) is 11.7 Å². The fourth-order valence-corrected chi connectivity index (χ4v) is 3.13. The van der Waals surface area contributed by atoms with Crippen LogP contribution in [0.1, 0.15) is 27.6 Å². The lowest BCUT2D eigenvalue weighted by Gasteiger charge is -2.12. The molecule has 0 heterocycles. The van der Waals surface area contributed by atoms with E-state index in [0.29, 0.717) is 35.8 Å². The van der Waals surface area contributed by atoms with E-state index in [1.54, 1.807) is 43.3 Å². The molecule has 0 bridgehead atoms. The topological polar surface area (TPSA) is 124 Å². The van der Waals surface area contributed by atoms with Crippen LogP contribution in [0.15, 0.2) is 78.9 Å². The molecule has 3 aromatic rings. The highest BCUT2D eigenvalue weighted by atomic mass is 32.1. The first-order chi connectivity index (χ1) is 18.4. The van der Waals surface area contributed by atoms with Crippen molar-refractivity contribution in [1.29, 1.82) is 0 Å². The molecule has 0 aliphatic heterocycles. The van der Waals surface area contributed by atoms with E-state index in [1.807, 2.05) is 30.3 Å². The molecule has 0 radical (unpaired) electrons. The van der Waals surface area contributed by atoms with Crippen LogP contribution < -0.4 is 30.4 Å². The van der Waals surface area contributed by atoms with E-state index in [1.165, 1.54) is 12.1 Å². The molecule has 3 aromatic carbocycles. The Morgan fingerprint density at radius 1 is 0.737 bits per heavy atom. The third kappa shape index (κ3) is 9.43. The molecule has 38 heavy (non-hydrogen) atoms. The zero-order valence-electron chi connectivity index (χ0n) is 20.6. The molecule has 0 saturated carbocycles. The van der Waals surface area contributed by atoms with Gasteiger partial charge in [0, 0.05) is 5.56 Å². The summed E-state index contributed by atoms with van der Waals surface area (Å²) in [6.45, 7) is 2.31. The fraction of sp³-hybridized carbons (Fsp3) is 0.185. The van der Waals surface area contributed by atoms with Gasteiger partial charge in [-0.2, -0.15) is 0 Å². The van der Waals surface area contributed by atoms with Crippen molar-refractivity contribution >= 4 is 35.1 Å². The van der Waals surface area contributed by atoms with Crippen molar-refractivity contribution in [1.82, 2.24) is 16.2 Å². The minimum atomic E-state index is -0.538. The van der Waals surface area contributed by atoms with Crippen molar-refractivity contribution in [2.24, 2.45) is 0 Å². The summed E-state index contributed by atoms with van der Waals surface area (Å²) in [6.07, 6.45) is 0. The molecule has 0 spiro atoms. The van der Waals surface area contributed by atoms with Crippen molar-refractivity contribution in [3.8, 4) is 17.2 Å². The number of esters is 1. The Hall–Kier alpha value is -4.64. The van der Waals surface area contributed by atoms with Gasteiger partial charge in [-0.05, 0) is 73.7 Å². The van der Waals surface area contributed by atoms with Gasteiger partial charge in [0.2, 0.25) is 0 Å². The molecule has 0 aliphatic rings. The van der Waals surface area contributed by atoms with E-state index in [0.717, 1.165) is 5.75 Å². The van der Waals surface area contributed by atoms with Crippen molar-refractivity contribution < 1.29 is 33.3 Å². The summed E-state index contributed by atoms with van der Waals surface area (Å²) in [5, 5.41) is 2.36. The van der Waals surface area contributed by atoms with Gasteiger partial charge in [-0.1, -0.05) is 24.3 Å². The summed E-state index contributed by atoms with van der Waals surface area (Å²) in [4.78, 5) is 36.2. The third-order valence-corrected chi connectivity index (χ3v) is 4.94. The minimum Gasteiger partial charge on any atom is -0.490 e. The molecule has 198 valence electrons. The Balaban J connectivity index is 1.36. The van der Waals surface area contributed by atoms with Gasteiger partial charge in [0.1, 0.15) is 30.5 Å². The maximum absolute atomic E-state index is 12.5. The molecule has 2 amide bonds. The first-order valence-electron chi connectivity index (χ1n) is 11.7. The first-order valence-corrected chi connectivity index (χ1v) is 12.1. The molecular formula is C27H27N3O7S. The number of hydrogen-bond acceptors (Lipinski definition) is 8. The van der Waals surface area contributed by atoms with Crippen LogP contribution in [0.4, 0.5) is 0 Å². The number of benzene rings is 3. The monoisotopic (exact) mass is 537 g/mol. The highest BCUT2D eigenvalue weighted by Gasteiger charge is 2.11. The fourth-order valence-electron chi connectivity index (χ4n) is 2.98. The van der Waals surface area contributed by atoms with Crippen LogP contribution in [-0.4, -0.2) is 49.3 Å². The number of rotatable bonds is 11. The minimum absolute atomic E-state index is 0.107. The molecule has 10 nitrogen and oxygen atoms in total. The predicted octanol–water partition coefficient (Wildman–Crippen LogP) is 3.04. The average Bonchev–Trinajstić information content (AvgIpc) is 2.94. The van der Waals surface area contributed by atoms with E-state index < -0.39 is 17.8 Å². The summed E-state index contributed by atoms with van der Waals surface area (Å²) in [5.41, 5.74) is 5.46. The number of nitrogens with one attached hydrogen (secondary N) is 3. The molecule has 3 N–H and O–H groups in total. The van der Waals surface area contributed by atoms with Gasteiger partial charge in [0.25, 0.3) is 11.8 Å². The summed E-state index contributed by atoms with van der Waals surface area (Å²) in [7, 11) is 0. The van der Waals surface area contributed by atoms with E-state index in [4.69, 9.17) is 31.2 Å². The molecule has 0 saturated heterocycles. The van der Waals surface area contributed by atoms with E-state index >= 15 is 0 Å². The van der Waals surface area contributed by atoms with Gasteiger partial charge < -0.3 is 18.9 Å². The average molecular weight is 538 g/mol. The summed E-state index contributed by atoms with van der Waals surface area (Å²) < 4.78 is 21.5. The molecular weight excluding hydrogens is 510 g/mol.